The van der Waals surface area contributed by atoms with Crippen LogP contribution in [0.25, 0.3) is 0 Å². The van der Waals surface area contributed by atoms with Crippen molar-refractivity contribution < 1.29 is 4.79 Å². The molecule has 25 heavy (non-hydrogen) atoms. The minimum absolute atomic E-state index is 0.0573. The van der Waals surface area contributed by atoms with Crippen molar-refractivity contribution in [1.82, 2.24) is 19.6 Å². The minimum Gasteiger partial charge on any atom is -0.308 e. The third kappa shape index (κ3) is 4.15. The summed E-state index contributed by atoms with van der Waals surface area (Å²) in [7, 11) is 0. The summed E-state index contributed by atoms with van der Waals surface area (Å²) in [4.78, 5) is 12.1. The monoisotopic (exact) mass is 397 g/mol. The Morgan fingerprint density at radius 3 is 2.52 bits per heavy atom. The second kappa shape index (κ2) is 7.47. The number of hydrogen-bond donors (Lipinski definition) is 1. The number of rotatable bonds is 5. The van der Waals surface area contributed by atoms with E-state index in [-0.39, 0.29) is 12.5 Å². The van der Waals surface area contributed by atoms with Crippen LogP contribution in [0.1, 0.15) is 11.3 Å². The van der Waals surface area contributed by atoms with Crippen LogP contribution < -0.4 is 5.32 Å². The average molecular weight is 399 g/mol. The van der Waals surface area contributed by atoms with Crippen molar-refractivity contribution in [3.8, 4) is 0 Å². The SMILES string of the molecule is Cc1c(Cl)cnn1CC(=O)Nc1ccn(Cc2c(Cl)cccc2Cl)n1. The van der Waals surface area contributed by atoms with E-state index >= 15 is 0 Å². The number of aromatic nitrogens is 4. The maximum Gasteiger partial charge on any atom is 0.247 e. The van der Waals surface area contributed by atoms with E-state index in [9.17, 15) is 4.79 Å². The molecule has 9 heteroatoms. The highest BCUT2D eigenvalue weighted by Crippen LogP contribution is 2.25. The van der Waals surface area contributed by atoms with Gasteiger partial charge in [0.25, 0.3) is 0 Å². The van der Waals surface area contributed by atoms with Crippen LogP contribution >= 0.6 is 34.8 Å². The van der Waals surface area contributed by atoms with Crippen molar-refractivity contribution in [3.05, 3.63) is 63.0 Å². The predicted molar refractivity (Wildman–Crippen MR) is 98.4 cm³/mol. The molecule has 2 aromatic heterocycles. The molecule has 6 nitrogen and oxygen atoms in total. The van der Waals surface area contributed by atoms with E-state index in [4.69, 9.17) is 34.8 Å². The van der Waals surface area contributed by atoms with Gasteiger partial charge in [0.15, 0.2) is 5.82 Å². The molecule has 0 atom stereocenters. The van der Waals surface area contributed by atoms with Gasteiger partial charge in [0.1, 0.15) is 6.54 Å². The fourth-order valence-electron chi connectivity index (χ4n) is 2.26. The summed E-state index contributed by atoms with van der Waals surface area (Å²) in [6.07, 6.45) is 3.25. The Hall–Kier alpha value is -2.02. The van der Waals surface area contributed by atoms with Crippen LogP contribution in [-0.2, 0) is 17.9 Å². The lowest BCUT2D eigenvalue weighted by Crippen LogP contribution is -2.20. The summed E-state index contributed by atoms with van der Waals surface area (Å²) in [5, 5.41) is 12.7. The van der Waals surface area contributed by atoms with Crippen LogP contribution in [0.3, 0.4) is 0 Å². The van der Waals surface area contributed by atoms with Crippen molar-refractivity contribution in [2.45, 2.75) is 20.0 Å². The zero-order chi connectivity index (χ0) is 18.0. The van der Waals surface area contributed by atoms with Gasteiger partial charge in [0, 0.05) is 27.9 Å². The molecule has 0 unspecified atom stereocenters. The fourth-order valence-corrected chi connectivity index (χ4v) is 2.92. The van der Waals surface area contributed by atoms with Crippen molar-refractivity contribution in [1.29, 1.82) is 0 Å². The number of halogens is 3. The molecule has 1 N–H and O–H groups in total. The van der Waals surface area contributed by atoms with Gasteiger partial charge in [-0.25, -0.2) is 0 Å². The van der Waals surface area contributed by atoms with Crippen molar-refractivity contribution in [3.63, 3.8) is 0 Å². The Labute approximate surface area is 159 Å². The van der Waals surface area contributed by atoms with Gasteiger partial charge in [0.2, 0.25) is 5.91 Å². The maximum absolute atomic E-state index is 12.1. The average Bonchev–Trinajstić information content (AvgIpc) is 3.12. The van der Waals surface area contributed by atoms with Crippen LogP contribution in [0.2, 0.25) is 15.1 Å². The fraction of sp³-hybridized carbons (Fsp3) is 0.188. The lowest BCUT2D eigenvalue weighted by Gasteiger charge is -2.07. The van der Waals surface area contributed by atoms with Crippen LogP contribution in [0.4, 0.5) is 5.82 Å². The molecule has 0 saturated carbocycles. The van der Waals surface area contributed by atoms with Gasteiger partial charge in [-0.2, -0.15) is 10.2 Å². The molecule has 3 rings (SSSR count). The molecule has 2 heterocycles. The Balaban J connectivity index is 1.65. The van der Waals surface area contributed by atoms with E-state index in [2.05, 4.69) is 15.5 Å². The number of hydrogen-bond acceptors (Lipinski definition) is 3. The van der Waals surface area contributed by atoms with E-state index in [0.717, 1.165) is 11.3 Å². The third-order valence-electron chi connectivity index (χ3n) is 3.63. The van der Waals surface area contributed by atoms with E-state index in [0.29, 0.717) is 27.4 Å². The highest BCUT2D eigenvalue weighted by atomic mass is 35.5. The van der Waals surface area contributed by atoms with E-state index in [1.807, 2.05) is 0 Å². The Morgan fingerprint density at radius 1 is 1.16 bits per heavy atom. The van der Waals surface area contributed by atoms with E-state index in [1.54, 1.807) is 42.1 Å². The number of carbonyl (C=O) groups excluding carboxylic acids is 1. The normalized spacial score (nSPS) is 10.9. The van der Waals surface area contributed by atoms with Gasteiger partial charge in [-0.15, -0.1) is 0 Å². The molecular formula is C16H14Cl3N5O. The molecule has 0 aliphatic carbocycles. The first-order valence-electron chi connectivity index (χ1n) is 7.38. The highest BCUT2D eigenvalue weighted by Gasteiger charge is 2.11. The molecule has 1 amide bonds. The Kier molecular flexibility index (Phi) is 5.32. The third-order valence-corrected chi connectivity index (χ3v) is 4.71. The number of carbonyl (C=O) groups is 1. The van der Waals surface area contributed by atoms with Gasteiger partial charge < -0.3 is 5.32 Å². The summed E-state index contributed by atoms with van der Waals surface area (Å²) in [6.45, 7) is 2.26. The topological polar surface area (TPSA) is 64.7 Å². The first-order valence-corrected chi connectivity index (χ1v) is 8.51. The van der Waals surface area contributed by atoms with Crippen LogP contribution in [0.5, 0.6) is 0 Å². The molecule has 3 aromatic rings. The molecule has 0 aliphatic rings. The summed E-state index contributed by atoms with van der Waals surface area (Å²) in [6, 6.07) is 7.02. The van der Waals surface area contributed by atoms with Gasteiger partial charge in [-0.3, -0.25) is 14.2 Å². The van der Waals surface area contributed by atoms with Gasteiger partial charge in [0.05, 0.1) is 23.5 Å². The predicted octanol–water partition coefficient (Wildman–Crippen LogP) is 4.04. The molecule has 0 bridgehead atoms. The molecule has 0 radical (unpaired) electrons. The standard InChI is InChI=1S/C16H14Cl3N5O/c1-10-14(19)7-20-24(10)9-16(25)21-15-5-6-23(22-15)8-11-12(17)3-2-4-13(11)18/h2-7H,8-9H2,1H3,(H,21,22,25). The van der Waals surface area contributed by atoms with Crippen molar-refractivity contribution in [2.24, 2.45) is 0 Å². The molecule has 0 aliphatic heterocycles. The first kappa shape index (κ1) is 17.8. The second-order valence-corrected chi connectivity index (χ2v) is 6.60. The minimum atomic E-state index is -0.246. The van der Waals surface area contributed by atoms with E-state index < -0.39 is 0 Å². The largest absolute Gasteiger partial charge is 0.308 e. The molecule has 1 aromatic carbocycles. The lowest BCUT2D eigenvalue weighted by molar-refractivity contribution is -0.117. The number of anilines is 1. The zero-order valence-electron chi connectivity index (χ0n) is 13.2. The van der Waals surface area contributed by atoms with Crippen molar-refractivity contribution in [2.75, 3.05) is 5.32 Å². The van der Waals surface area contributed by atoms with Gasteiger partial charge in [-0.1, -0.05) is 40.9 Å². The number of nitrogens with one attached hydrogen (secondary N) is 1. The number of amides is 1. The summed E-state index contributed by atoms with van der Waals surface area (Å²) >= 11 is 18.3. The summed E-state index contributed by atoms with van der Waals surface area (Å²) in [5.74, 6) is 0.188. The van der Waals surface area contributed by atoms with E-state index in [1.165, 1.54) is 10.9 Å². The highest BCUT2D eigenvalue weighted by molar-refractivity contribution is 6.36. The first-order chi connectivity index (χ1) is 11.9. The molecular weight excluding hydrogens is 385 g/mol. The van der Waals surface area contributed by atoms with Crippen LogP contribution in [-0.4, -0.2) is 25.5 Å². The molecule has 0 spiro atoms. The second-order valence-electron chi connectivity index (χ2n) is 5.38. The zero-order valence-corrected chi connectivity index (χ0v) is 15.5. The number of nitrogens with zero attached hydrogens (tertiary/aromatic N) is 4. The van der Waals surface area contributed by atoms with Gasteiger partial charge in [-0.05, 0) is 19.1 Å². The Morgan fingerprint density at radius 2 is 1.88 bits per heavy atom. The Bertz CT molecular complexity index is 898. The summed E-state index contributed by atoms with van der Waals surface area (Å²) < 4.78 is 3.18. The smallest absolute Gasteiger partial charge is 0.247 e. The van der Waals surface area contributed by atoms with Crippen molar-refractivity contribution >= 4 is 46.5 Å². The van der Waals surface area contributed by atoms with Gasteiger partial charge >= 0.3 is 0 Å². The molecule has 0 saturated heterocycles. The molecule has 0 fully saturated rings. The summed E-state index contributed by atoms with van der Waals surface area (Å²) in [5.41, 5.74) is 1.50. The molecule has 130 valence electrons. The maximum atomic E-state index is 12.1. The quantitative estimate of drug-likeness (QED) is 0.705. The van der Waals surface area contributed by atoms with Crippen LogP contribution in [0, 0.1) is 6.92 Å². The van der Waals surface area contributed by atoms with Crippen LogP contribution in [0.15, 0.2) is 36.7 Å². The lowest BCUT2D eigenvalue weighted by atomic mass is 10.2. The number of benzene rings is 1.